The molecule has 4 rings (SSSR count). The topological polar surface area (TPSA) is 160 Å². The van der Waals surface area contributed by atoms with E-state index in [1.807, 2.05) is 6.92 Å². The number of allylic oxidation sites excluding steroid dienone is 1. The van der Waals surface area contributed by atoms with Crippen molar-refractivity contribution in [3.8, 4) is 0 Å². The summed E-state index contributed by atoms with van der Waals surface area (Å²) in [4.78, 5) is 52.7. The molecule has 11 nitrogen and oxygen atoms in total. The summed E-state index contributed by atoms with van der Waals surface area (Å²) >= 11 is 3.94. The fraction of sp³-hybridized carbons (Fsp3) is 0.263. The molecule has 1 fully saturated rings. The fourth-order valence-electron chi connectivity index (χ4n) is 3.32. The Morgan fingerprint density at radius 2 is 2.18 bits per heavy atom. The molecule has 2 aliphatic rings. The summed E-state index contributed by atoms with van der Waals surface area (Å²) in [6, 6.07) is -0.913. The number of oxime groups is 1. The van der Waals surface area contributed by atoms with Crippen molar-refractivity contribution in [2.24, 2.45) is 5.16 Å². The van der Waals surface area contributed by atoms with Crippen LogP contribution in [0.2, 0.25) is 0 Å². The monoisotopic (exact) mass is 530 g/mol. The van der Waals surface area contributed by atoms with Crippen molar-refractivity contribution >= 4 is 69.1 Å². The van der Waals surface area contributed by atoms with Gasteiger partial charge >= 0.3 is 35.5 Å². The number of carbonyl (C=O) groups excluding carboxylic acids is 2. The van der Waals surface area contributed by atoms with Crippen LogP contribution in [0.5, 0.6) is 0 Å². The van der Waals surface area contributed by atoms with E-state index in [0.29, 0.717) is 11.3 Å². The number of nitrogens with one attached hydrogen (secondary N) is 1. The molecule has 2 atom stereocenters. The summed E-state index contributed by atoms with van der Waals surface area (Å²) in [5.74, 6) is -2.04. The zero-order valence-corrected chi connectivity index (χ0v) is 22.8. The van der Waals surface area contributed by atoms with Crippen LogP contribution in [0.3, 0.4) is 0 Å². The minimum Gasteiger partial charge on any atom is -1.00 e. The van der Waals surface area contributed by atoms with E-state index in [2.05, 4.69) is 20.4 Å². The molecule has 0 saturated carbocycles. The van der Waals surface area contributed by atoms with E-state index >= 15 is 0 Å². The molecule has 1 saturated heterocycles. The van der Waals surface area contributed by atoms with Crippen molar-refractivity contribution in [3.63, 3.8) is 0 Å². The number of nitrogens with zero attached hydrogens (tertiary/aromatic N) is 4. The van der Waals surface area contributed by atoms with Gasteiger partial charge in [-0.1, -0.05) is 11.2 Å². The number of aliphatic carboxylic acids is 1. The molecule has 0 unspecified atom stereocenters. The van der Waals surface area contributed by atoms with Crippen molar-refractivity contribution in [2.45, 2.75) is 18.3 Å². The summed E-state index contributed by atoms with van der Waals surface area (Å²) in [6.45, 7) is 1.86. The Morgan fingerprint density at radius 3 is 2.76 bits per heavy atom. The van der Waals surface area contributed by atoms with Crippen molar-refractivity contribution in [2.75, 3.05) is 18.6 Å². The van der Waals surface area contributed by atoms with Crippen LogP contribution in [0.1, 0.15) is 17.7 Å². The number of fused-ring (bicyclic) bond motifs is 1. The third-order valence-corrected chi connectivity index (χ3v) is 7.74. The molecule has 34 heavy (non-hydrogen) atoms. The molecular weight excluding hydrogens is 511 g/mol. The molecule has 2 aliphatic heterocycles. The summed E-state index contributed by atoms with van der Waals surface area (Å²) in [6.07, 6.45) is 3.49. The third-order valence-electron chi connectivity index (χ3n) is 4.87. The number of amides is 2. The Balaban J connectivity index is 0.00000216. The second-order valence-corrected chi connectivity index (χ2v) is 9.75. The first-order valence-electron chi connectivity index (χ1n) is 9.44. The number of anilines is 1. The summed E-state index contributed by atoms with van der Waals surface area (Å²) in [5, 5.41) is 17.4. The number of thioether (sulfide) groups is 1. The zero-order chi connectivity index (χ0) is 23.7. The average molecular weight is 531 g/mol. The molecule has 2 aromatic heterocycles. The number of carboxylic acids is 1. The van der Waals surface area contributed by atoms with Crippen molar-refractivity contribution in [3.05, 3.63) is 44.5 Å². The van der Waals surface area contributed by atoms with E-state index < -0.39 is 29.2 Å². The SMILES string of the molecule is CO/N=C(\C(=O)N[C@@H]1C(=O)N2C(C(=O)O)=C(/C=C\c3scnc3C)CS[C@H]12)c1csc(N)n1.[H-].[Na+]. The smallest absolute Gasteiger partial charge is 1.00 e. The largest absolute Gasteiger partial charge is 1.00 e. The number of rotatable bonds is 7. The number of hydrogen-bond acceptors (Lipinski definition) is 11. The van der Waals surface area contributed by atoms with Crippen molar-refractivity contribution in [1.29, 1.82) is 0 Å². The summed E-state index contributed by atoms with van der Waals surface area (Å²) < 4.78 is 0. The molecule has 4 heterocycles. The van der Waals surface area contributed by atoms with Crippen LogP contribution >= 0.6 is 34.4 Å². The molecule has 0 aromatic carbocycles. The van der Waals surface area contributed by atoms with Gasteiger partial charge in [0, 0.05) is 16.0 Å². The van der Waals surface area contributed by atoms with Gasteiger partial charge in [-0.3, -0.25) is 14.5 Å². The van der Waals surface area contributed by atoms with Crippen LogP contribution in [0.25, 0.3) is 6.08 Å². The maximum absolute atomic E-state index is 12.9. The van der Waals surface area contributed by atoms with Crippen LogP contribution in [0, 0.1) is 6.92 Å². The summed E-state index contributed by atoms with van der Waals surface area (Å²) in [7, 11) is 1.28. The second kappa shape index (κ2) is 11.0. The molecule has 2 aromatic rings. The molecule has 174 valence electrons. The Labute approximate surface area is 229 Å². The van der Waals surface area contributed by atoms with Crippen LogP contribution in [-0.4, -0.2) is 67.7 Å². The second-order valence-electron chi connectivity index (χ2n) is 6.87. The quantitative estimate of drug-likeness (QED) is 0.166. The van der Waals surface area contributed by atoms with Crippen LogP contribution in [0.15, 0.2) is 33.4 Å². The number of aryl methyl sites for hydroxylation is 1. The number of carbonyl (C=O) groups is 3. The molecule has 0 aliphatic carbocycles. The van der Waals surface area contributed by atoms with Gasteiger partial charge in [-0.05, 0) is 18.6 Å². The zero-order valence-electron chi connectivity index (χ0n) is 19.3. The molecule has 0 radical (unpaired) electrons. The third kappa shape index (κ3) is 5.06. The Morgan fingerprint density at radius 1 is 1.41 bits per heavy atom. The van der Waals surface area contributed by atoms with Gasteiger partial charge in [0.25, 0.3) is 11.8 Å². The van der Waals surface area contributed by atoms with Crippen molar-refractivity contribution < 1.29 is 55.3 Å². The first-order valence-corrected chi connectivity index (χ1v) is 12.2. The van der Waals surface area contributed by atoms with Gasteiger partial charge in [0.05, 0.1) is 11.2 Å². The number of nitrogen functional groups attached to an aromatic ring is 1. The van der Waals surface area contributed by atoms with Crippen LogP contribution in [0.4, 0.5) is 5.13 Å². The minimum absolute atomic E-state index is 0. The van der Waals surface area contributed by atoms with Crippen LogP contribution in [-0.2, 0) is 19.2 Å². The van der Waals surface area contributed by atoms with Crippen molar-refractivity contribution in [1.82, 2.24) is 20.2 Å². The predicted octanol–water partition coefficient (Wildman–Crippen LogP) is -1.59. The fourth-order valence-corrected chi connectivity index (χ4v) is 5.88. The number of thiazole rings is 2. The molecule has 4 N–H and O–H groups in total. The minimum atomic E-state index is -1.21. The number of nitrogens with two attached hydrogens (primary N) is 1. The van der Waals surface area contributed by atoms with E-state index in [4.69, 9.17) is 10.6 Å². The van der Waals surface area contributed by atoms with Gasteiger partial charge in [0.2, 0.25) is 0 Å². The Hall–Kier alpha value is -2.23. The van der Waals surface area contributed by atoms with Gasteiger partial charge in [-0.2, -0.15) is 0 Å². The van der Waals surface area contributed by atoms with Crippen LogP contribution < -0.4 is 40.6 Å². The first-order chi connectivity index (χ1) is 15.8. The normalized spacial score (nSPS) is 20.0. The Bertz CT molecular complexity index is 1230. The Kier molecular flexibility index (Phi) is 8.54. The maximum Gasteiger partial charge on any atom is 1.00 e. The van der Waals surface area contributed by atoms with Gasteiger partial charge in [0.15, 0.2) is 10.8 Å². The molecule has 2 amide bonds. The number of β-lactam (4-membered cyclic amide) rings is 1. The average Bonchev–Trinajstić information content (AvgIpc) is 3.40. The number of carboxylic acid groups (broad SMARTS) is 1. The van der Waals surface area contributed by atoms with E-state index in [9.17, 15) is 19.5 Å². The van der Waals surface area contributed by atoms with Gasteiger partial charge in [-0.25, -0.2) is 14.8 Å². The summed E-state index contributed by atoms with van der Waals surface area (Å²) in [5.41, 5.74) is 8.68. The predicted molar refractivity (Wildman–Crippen MR) is 127 cm³/mol. The molecule has 0 bridgehead atoms. The van der Waals surface area contributed by atoms with Gasteiger partial charge in [0.1, 0.15) is 29.9 Å². The van der Waals surface area contributed by atoms with E-state index in [0.717, 1.165) is 21.9 Å². The maximum atomic E-state index is 12.9. The van der Waals surface area contributed by atoms with E-state index in [1.54, 1.807) is 23.0 Å². The van der Waals surface area contributed by atoms with E-state index in [1.165, 1.54) is 35.1 Å². The first kappa shape index (κ1) is 26.4. The molecular formula is C19H19N6NaO5S3. The van der Waals surface area contributed by atoms with Gasteiger partial charge < -0.3 is 22.4 Å². The number of aromatic nitrogens is 2. The van der Waals surface area contributed by atoms with Gasteiger partial charge in [-0.15, -0.1) is 34.4 Å². The number of hydrogen-bond donors (Lipinski definition) is 3. The molecule has 0 spiro atoms. The standard InChI is InChI=1S/C19H18N6O5S3.Na.H/c1-8-11(33-7-21-8)4-3-9-5-31-17-13(16(27)25(17)14(9)18(28)29)23-15(26)12(24-30-2)10-6-32-19(20)22-10;;/h3-4,6-7,13,17H,5H2,1-2H3,(H2,20,22)(H,23,26)(H,28,29);;/q;+1;-1/b4-3-,24-12-;;/t13-,17-;;/m1../s1. The molecule has 15 heteroatoms. The van der Waals surface area contributed by atoms with E-state index in [-0.39, 0.29) is 53.2 Å².